The van der Waals surface area contributed by atoms with E-state index in [1.807, 2.05) is 0 Å². The number of rotatable bonds is 9. The smallest absolute Gasteiger partial charge is 0.492 e. The first-order valence-electron chi connectivity index (χ1n) is 10.0. The van der Waals surface area contributed by atoms with E-state index in [9.17, 15) is 26.0 Å². The Kier molecular flexibility index (Phi) is 7.96. The molecule has 0 aromatic heterocycles. The topological polar surface area (TPSA) is 59.1 Å². The maximum absolute atomic E-state index is 12.9. The van der Waals surface area contributed by atoms with E-state index in [-0.39, 0.29) is 5.82 Å². The summed E-state index contributed by atoms with van der Waals surface area (Å²) < 4.78 is 84.5. The number of hydrogen-bond acceptors (Lipinski definition) is 6. The highest BCUT2D eigenvalue weighted by atomic mass is 32.2. The highest BCUT2D eigenvalue weighted by molar-refractivity contribution is 7.92. The fourth-order valence-corrected chi connectivity index (χ4v) is 3.96. The normalized spacial score (nSPS) is 16.1. The van der Waals surface area contributed by atoms with Gasteiger partial charge >= 0.3 is 5.51 Å². The van der Waals surface area contributed by atoms with E-state index < -0.39 is 20.2 Å². The standard InChI is InChI=1S/C21H24F4N2O4S/c22-17-1-3-18(4-2-17)30-15-13-26-9-11-27(12-10-26)14-16-31-19-5-7-20(8-6-19)32(28,29)21(23,24)25/h1-8H,9-16H2. The molecule has 1 fully saturated rings. The van der Waals surface area contributed by atoms with Crippen molar-refractivity contribution in [2.45, 2.75) is 10.4 Å². The van der Waals surface area contributed by atoms with Crippen molar-refractivity contribution < 1.29 is 35.5 Å². The molecule has 0 N–H and O–H groups in total. The van der Waals surface area contributed by atoms with Gasteiger partial charge in [0.15, 0.2) is 0 Å². The number of ether oxygens (including phenoxy) is 2. The zero-order chi connectivity index (χ0) is 23.2. The third-order valence-corrected chi connectivity index (χ3v) is 6.57. The van der Waals surface area contributed by atoms with Crippen molar-refractivity contribution in [2.24, 2.45) is 0 Å². The predicted molar refractivity (Wildman–Crippen MR) is 110 cm³/mol. The Balaban J connectivity index is 1.33. The molecule has 2 aromatic carbocycles. The lowest BCUT2D eigenvalue weighted by atomic mass is 10.3. The van der Waals surface area contributed by atoms with E-state index in [4.69, 9.17) is 9.47 Å². The SMILES string of the molecule is O=S(=O)(c1ccc(OCCN2CCN(CCOc3ccc(F)cc3)CC2)cc1)C(F)(F)F. The third-order valence-electron chi connectivity index (χ3n) is 5.07. The van der Waals surface area contributed by atoms with Gasteiger partial charge < -0.3 is 9.47 Å². The molecule has 0 radical (unpaired) electrons. The quantitative estimate of drug-likeness (QED) is 0.519. The summed E-state index contributed by atoms with van der Waals surface area (Å²) in [6.45, 7) is 5.63. The maximum Gasteiger partial charge on any atom is 0.501 e. The summed E-state index contributed by atoms with van der Waals surface area (Å²) in [5, 5.41) is 0. The minimum Gasteiger partial charge on any atom is -0.492 e. The van der Waals surface area contributed by atoms with Crippen LogP contribution in [0.3, 0.4) is 0 Å². The lowest BCUT2D eigenvalue weighted by molar-refractivity contribution is -0.0436. The largest absolute Gasteiger partial charge is 0.501 e. The van der Waals surface area contributed by atoms with Gasteiger partial charge in [0, 0.05) is 39.3 Å². The van der Waals surface area contributed by atoms with Crippen molar-refractivity contribution in [3.05, 3.63) is 54.3 Å². The molecule has 1 aliphatic rings. The average molecular weight is 476 g/mol. The second-order valence-electron chi connectivity index (χ2n) is 7.25. The third kappa shape index (κ3) is 6.57. The fraction of sp³-hybridized carbons (Fsp3) is 0.429. The zero-order valence-electron chi connectivity index (χ0n) is 17.2. The van der Waals surface area contributed by atoms with Crippen molar-refractivity contribution >= 4 is 9.84 Å². The second kappa shape index (κ2) is 10.5. The van der Waals surface area contributed by atoms with Gasteiger partial charge in [-0.3, -0.25) is 9.80 Å². The molecule has 11 heteroatoms. The van der Waals surface area contributed by atoms with Crippen LogP contribution in [-0.4, -0.2) is 76.2 Å². The molecule has 1 aliphatic heterocycles. The van der Waals surface area contributed by atoms with Crippen molar-refractivity contribution in [1.82, 2.24) is 9.80 Å². The van der Waals surface area contributed by atoms with Crippen LogP contribution in [0, 0.1) is 5.82 Å². The summed E-state index contributed by atoms with van der Waals surface area (Å²) in [5.74, 6) is 0.637. The molecule has 0 aliphatic carbocycles. The molecule has 2 aromatic rings. The van der Waals surface area contributed by atoms with E-state index in [2.05, 4.69) is 9.80 Å². The van der Waals surface area contributed by atoms with Crippen molar-refractivity contribution in [3.8, 4) is 11.5 Å². The summed E-state index contributed by atoms with van der Waals surface area (Å²) in [6.07, 6.45) is 0. The second-order valence-corrected chi connectivity index (χ2v) is 9.20. The van der Waals surface area contributed by atoms with Crippen LogP contribution in [0.25, 0.3) is 0 Å². The maximum atomic E-state index is 12.9. The number of nitrogens with zero attached hydrogens (tertiary/aromatic N) is 2. The minimum atomic E-state index is -5.35. The molecule has 6 nitrogen and oxygen atoms in total. The molecule has 0 spiro atoms. The monoisotopic (exact) mass is 476 g/mol. The molecule has 0 unspecified atom stereocenters. The molecule has 3 rings (SSSR count). The van der Waals surface area contributed by atoms with E-state index in [1.165, 1.54) is 24.3 Å². The Morgan fingerprint density at radius 2 is 1.16 bits per heavy atom. The van der Waals surface area contributed by atoms with Gasteiger partial charge in [-0.1, -0.05) is 0 Å². The Morgan fingerprint density at radius 1 is 0.750 bits per heavy atom. The number of sulfone groups is 1. The Labute approximate surface area is 184 Å². The first-order chi connectivity index (χ1) is 15.1. The van der Waals surface area contributed by atoms with Crippen molar-refractivity contribution in [2.75, 3.05) is 52.5 Å². The Hall–Kier alpha value is -2.37. The molecular weight excluding hydrogens is 452 g/mol. The number of alkyl halides is 3. The lowest BCUT2D eigenvalue weighted by Crippen LogP contribution is -2.48. The molecule has 1 heterocycles. The van der Waals surface area contributed by atoms with Gasteiger partial charge in [-0.25, -0.2) is 12.8 Å². The summed E-state index contributed by atoms with van der Waals surface area (Å²) in [5.41, 5.74) is -5.33. The number of halogens is 4. The first kappa shape index (κ1) is 24.3. The highest BCUT2D eigenvalue weighted by Crippen LogP contribution is 2.30. The van der Waals surface area contributed by atoms with Crippen LogP contribution in [0.5, 0.6) is 11.5 Å². The van der Waals surface area contributed by atoms with E-state index in [1.54, 1.807) is 12.1 Å². The van der Waals surface area contributed by atoms with E-state index >= 15 is 0 Å². The average Bonchev–Trinajstić information content (AvgIpc) is 2.76. The molecule has 0 bridgehead atoms. The summed E-state index contributed by atoms with van der Waals surface area (Å²) >= 11 is 0. The predicted octanol–water partition coefficient (Wildman–Crippen LogP) is 3.19. The fourth-order valence-electron chi connectivity index (χ4n) is 3.20. The Bertz CT molecular complexity index is 959. The minimum absolute atomic E-state index is 0.302. The molecular formula is C21H24F4N2O4S. The van der Waals surface area contributed by atoms with Crippen LogP contribution in [0.4, 0.5) is 17.6 Å². The van der Waals surface area contributed by atoms with E-state index in [0.717, 1.165) is 44.9 Å². The van der Waals surface area contributed by atoms with Gasteiger partial charge in [0.05, 0.1) is 4.90 Å². The van der Waals surface area contributed by atoms with Crippen LogP contribution in [0.1, 0.15) is 0 Å². The molecule has 0 atom stereocenters. The Morgan fingerprint density at radius 3 is 1.56 bits per heavy atom. The van der Waals surface area contributed by atoms with Crippen molar-refractivity contribution in [1.29, 1.82) is 0 Å². The van der Waals surface area contributed by atoms with Crippen LogP contribution >= 0.6 is 0 Å². The van der Waals surface area contributed by atoms with Gasteiger partial charge in [-0.2, -0.15) is 13.2 Å². The van der Waals surface area contributed by atoms with Gasteiger partial charge in [0.2, 0.25) is 0 Å². The lowest BCUT2D eigenvalue weighted by Gasteiger charge is -2.34. The van der Waals surface area contributed by atoms with Crippen LogP contribution in [0.2, 0.25) is 0 Å². The van der Waals surface area contributed by atoms with Crippen molar-refractivity contribution in [3.63, 3.8) is 0 Å². The van der Waals surface area contributed by atoms with Gasteiger partial charge in [0.25, 0.3) is 9.84 Å². The van der Waals surface area contributed by atoms with Crippen LogP contribution in [0.15, 0.2) is 53.4 Å². The summed E-state index contributed by atoms with van der Waals surface area (Å²) in [4.78, 5) is 3.66. The molecule has 176 valence electrons. The number of piperazine rings is 1. The summed E-state index contributed by atoms with van der Waals surface area (Å²) in [7, 11) is -5.35. The number of benzene rings is 2. The summed E-state index contributed by atoms with van der Waals surface area (Å²) in [6, 6.07) is 10.1. The van der Waals surface area contributed by atoms with Gasteiger partial charge in [0.1, 0.15) is 30.5 Å². The molecule has 0 saturated carbocycles. The molecule has 0 amide bonds. The highest BCUT2D eigenvalue weighted by Gasteiger charge is 2.46. The number of hydrogen-bond donors (Lipinski definition) is 0. The molecule has 1 saturated heterocycles. The van der Waals surface area contributed by atoms with Gasteiger partial charge in [-0.15, -0.1) is 0 Å². The van der Waals surface area contributed by atoms with Gasteiger partial charge in [-0.05, 0) is 48.5 Å². The zero-order valence-corrected chi connectivity index (χ0v) is 18.0. The van der Waals surface area contributed by atoms with Crippen LogP contribution in [-0.2, 0) is 9.84 Å². The van der Waals surface area contributed by atoms with E-state index in [0.29, 0.717) is 31.3 Å². The first-order valence-corrected chi connectivity index (χ1v) is 11.5. The van der Waals surface area contributed by atoms with Crippen LogP contribution < -0.4 is 9.47 Å². The molecule has 32 heavy (non-hydrogen) atoms.